The molecule has 7 nitrogen and oxygen atoms in total. The van der Waals surface area contributed by atoms with Crippen molar-refractivity contribution in [1.82, 2.24) is 15.6 Å². The maximum absolute atomic E-state index is 13.3. The summed E-state index contributed by atoms with van der Waals surface area (Å²) in [5.74, 6) is -1.43. The van der Waals surface area contributed by atoms with E-state index >= 15 is 0 Å². The molecule has 1 saturated carbocycles. The number of benzene rings is 3. The normalized spacial score (nSPS) is 18.4. The third-order valence-electron chi connectivity index (χ3n) is 6.22. The molecule has 0 bridgehead atoms. The van der Waals surface area contributed by atoms with Crippen LogP contribution in [0.1, 0.15) is 36.0 Å². The molecule has 3 aromatic carbocycles. The van der Waals surface area contributed by atoms with Gasteiger partial charge < -0.3 is 0 Å². The summed E-state index contributed by atoms with van der Waals surface area (Å²) in [6.45, 7) is 0.227. The molecule has 0 spiro atoms. The second kappa shape index (κ2) is 10.3. The molecule has 0 saturated heterocycles. The molecule has 34 heavy (non-hydrogen) atoms. The highest BCUT2D eigenvalue weighted by molar-refractivity contribution is 7.89. The van der Waals surface area contributed by atoms with E-state index in [9.17, 15) is 22.4 Å². The maximum Gasteiger partial charge on any atom is 0.270 e. The molecule has 3 aromatic rings. The van der Waals surface area contributed by atoms with E-state index in [-0.39, 0.29) is 35.1 Å². The lowest BCUT2D eigenvalue weighted by atomic mass is 9.82. The average molecular weight is 484 g/mol. The van der Waals surface area contributed by atoms with E-state index in [2.05, 4.69) is 15.6 Å². The molecule has 3 N–H and O–H groups in total. The van der Waals surface area contributed by atoms with Crippen molar-refractivity contribution in [2.75, 3.05) is 6.54 Å². The Morgan fingerprint density at radius 2 is 1.59 bits per heavy atom. The number of carbonyl (C=O) groups excluding carboxylic acids is 2. The van der Waals surface area contributed by atoms with E-state index < -0.39 is 15.8 Å². The van der Waals surface area contributed by atoms with E-state index in [1.165, 1.54) is 18.2 Å². The number of hydrogen-bond acceptors (Lipinski definition) is 4. The van der Waals surface area contributed by atoms with Crippen molar-refractivity contribution in [3.63, 3.8) is 0 Å². The van der Waals surface area contributed by atoms with Crippen molar-refractivity contribution in [3.05, 3.63) is 78.1 Å². The predicted octanol–water partition coefficient (Wildman–Crippen LogP) is 3.52. The van der Waals surface area contributed by atoms with Crippen LogP contribution in [0.15, 0.2) is 71.6 Å². The lowest BCUT2D eigenvalue weighted by Crippen LogP contribution is -2.45. The fourth-order valence-corrected chi connectivity index (χ4v) is 5.43. The number of amides is 2. The molecule has 1 aliphatic carbocycles. The summed E-state index contributed by atoms with van der Waals surface area (Å²) in [6.07, 6.45) is 2.51. The predicted molar refractivity (Wildman–Crippen MR) is 127 cm³/mol. The lowest BCUT2D eigenvalue weighted by molar-refractivity contribution is -0.127. The Morgan fingerprint density at radius 3 is 2.35 bits per heavy atom. The number of rotatable bonds is 6. The highest BCUT2D eigenvalue weighted by atomic mass is 32.2. The van der Waals surface area contributed by atoms with Crippen molar-refractivity contribution in [3.8, 4) is 0 Å². The molecule has 0 atom stereocenters. The summed E-state index contributed by atoms with van der Waals surface area (Å²) in [5.41, 5.74) is 5.51. The van der Waals surface area contributed by atoms with E-state index in [0.717, 1.165) is 16.8 Å². The molecule has 0 unspecified atom stereocenters. The fraction of sp³-hybridized carbons (Fsp3) is 0.280. The first kappa shape index (κ1) is 23.8. The van der Waals surface area contributed by atoms with Gasteiger partial charge in [-0.1, -0.05) is 42.5 Å². The smallest absolute Gasteiger partial charge is 0.270 e. The van der Waals surface area contributed by atoms with Gasteiger partial charge in [0.05, 0.1) is 4.90 Å². The van der Waals surface area contributed by atoms with Crippen LogP contribution < -0.4 is 15.6 Å². The third kappa shape index (κ3) is 5.60. The minimum absolute atomic E-state index is 0.0812. The van der Waals surface area contributed by atoms with Gasteiger partial charge in [-0.05, 0) is 66.6 Å². The average Bonchev–Trinajstić information content (AvgIpc) is 2.86. The number of halogens is 1. The SMILES string of the molecule is O=C(NNC(=O)C1CCC(CNS(=O)(=O)c2cccc(F)c2)CC1)c1cccc2ccccc12. The highest BCUT2D eigenvalue weighted by Gasteiger charge is 2.28. The topological polar surface area (TPSA) is 104 Å². The Balaban J connectivity index is 1.25. The quantitative estimate of drug-likeness (QED) is 0.467. The van der Waals surface area contributed by atoms with E-state index in [1.807, 2.05) is 30.3 Å². The Morgan fingerprint density at radius 1 is 0.882 bits per heavy atom. The number of sulfonamides is 1. The van der Waals surface area contributed by atoms with Gasteiger partial charge in [0.1, 0.15) is 5.82 Å². The van der Waals surface area contributed by atoms with Gasteiger partial charge in [0, 0.05) is 18.0 Å². The first-order chi connectivity index (χ1) is 16.3. The van der Waals surface area contributed by atoms with Gasteiger partial charge in [-0.15, -0.1) is 0 Å². The summed E-state index contributed by atoms with van der Waals surface area (Å²) < 4.78 is 40.6. The number of fused-ring (bicyclic) bond motifs is 1. The molecule has 4 rings (SSSR count). The minimum atomic E-state index is -3.79. The highest BCUT2D eigenvalue weighted by Crippen LogP contribution is 2.29. The first-order valence-electron chi connectivity index (χ1n) is 11.2. The zero-order valence-electron chi connectivity index (χ0n) is 18.5. The van der Waals surface area contributed by atoms with Gasteiger partial charge in [0.2, 0.25) is 15.9 Å². The first-order valence-corrected chi connectivity index (χ1v) is 12.6. The Kier molecular flexibility index (Phi) is 7.23. The fourth-order valence-electron chi connectivity index (χ4n) is 4.28. The van der Waals surface area contributed by atoms with Crippen LogP contribution in [0.25, 0.3) is 10.8 Å². The molecule has 2 amide bonds. The Bertz CT molecular complexity index is 1300. The van der Waals surface area contributed by atoms with Crippen LogP contribution in [-0.4, -0.2) is 26.8 Å². The van der Waals surface area contributed by atoms with E-state index in [0.29, 0.717) is 31.2 Å². The lowest BCUT2D eigenvalue weighted by Gasteiger charge is -2.27. The monoisotopic (exact) mass is 483 g/mol. The van der Waals surface area contributed by atoms with Crippen LogP contribution >= 0.6 is 0 Å². The van der Waals surface area contributed by atoms with Crippen LogP contribution in [0.2, 0.25) is 0 Å². The second-order valence-electron chi connectivity index (χ2n) is 8.50. The van der Waals surface area contributed by atoms with Crippen molar-refractivity contribution in [2.24, 2.45) is 11.8 Å². The van der Waals surface area contributed by atoms with Crippen LogP contribution in [0.5, 0.6) is 0 Å². The second-order valence-corrected chi connectivity index (χ2v) is 10.3. The molecule has 0 heterocycles. The van der Waals surface area contributed by atoms with Gasteiger partial charge in [-0.2, -0.15) is 0 Å². The van der Waals surface area contributed by atoms with Crippen molar-refractivity contribution >= 4 is 32.6 Å². The standard InChI is InChI=1S/C25H26FN3O4S/c26-20-7-4-8-21(15-20)34(32,33)27-16-17-11-13-19(14-12-17)24(30)28-29-25(31)23-10-3-6-18-5-1-2-9-22(18)23/h1-10,15,17,19,27H,11-14,16H2,(H,28,30)(H,29,31). The minimum Gasteiger partial charge on any atom is -0.273 e. The number of hydrogen-bond donors (Lipinski definition) is 3. The zero-order valence-corrected chi connectivity index (χ0v) is 19.3. The molecule has 0 aliphatic heterocycles. The largest absolute Gasteiger partial charge is 0.273 e. The van der Waals surface area contributed by atoms with Crippen LogP contribution in [0.4, 0.5) is 4.39 Å². The van der Waals surface area contributed by atoms with Gasteiger partial charge in [-0.3, -0.25) is 20.4 Å². The van der Waals surface area contributed by atoms with Gasteiger partial charge in [0.25, 0.3) is 5.91 Å². The number of hydrazine groups is 1. The molecule has 178 valence electrons. The number of nitrogens with one attached hydrogen (secondary N) is 3. The molecule has 1 fully saturated rings. The van der Waals surface area contributed by atoms with Crippen molar-refractivity contribution in [2.45, 2.75) is 30.6 Å². The van der Waals surface area contributed by atoms with Crippen LogP contribution in [0, 0.1) is 17.7 Å². The molecular formula is C25H26FN3O4S. The summed E-state index contributed by atoms with van der Waals surface area (Å²) in [6, 6.07) is 17.8. The number of carbonyl (C=O) groups is 2. The molecule has 9 heteroatoms. The summed E-state index contributed by atoms with van der Waals surface area (Å²) in [4.78, 5) is 25.1. The zero-order chi connectivity index (χ0) is 24.1. The summed E-state index contributed by atoms with van der Waals surface area (Å²) in [7, 11) is -3.79. The molecular weight excluding hydrogens is 457 g/mol. The Hall–Kier alpha value is -3.30. The summed E-state index contributed by atoms with van der Waals surface area (Å²) in [5, 5.41) is 1.74. The van der Waals surface area contributed by atoms with Crippen molar-refractivity contribution in [1.29, 1.82) is 0 Å². The van der Waals surface area contributed by atoms with Gasteiger partial charge in [0.15, 0.2) is 0 Å². The van der Waals surface area contributed by atoms with Crippen LogP contribution in [-0.2, 0) is 14.8 Å². The molecule has 1 aliphatic rings. The van der Waals surface area contributed by atoms with Crippen LogP contribution in [0.3, 0.4) is 0 Å². The molecule has 0 aromatic heterocycles. The van der Waals surface area contributed by atoms with E-state index in [1.54, 1.807) is 12.1 Å². The summed E-state index contributed by atoms with van der Waals surface area (Å²) >= 11 is 0. The van der Waals surface area contributed by atoms with Gasteiger partial charge in [-0.25, -0.2) is 17.5 Å². The van der Waals surface area contributed by atoms with Crippen molar-refractivity contribution < 1.29 is 22.4 Å². The molecule has 0 radical (unpaired) electrons. The van der Waals surface area contributed by atoms with Gasteiger partial charge >= 0.3 is 0 Å². The third-order valence-corrected chi connectivity index (χ3v) is 7.64. The van der Waals surface area contributed by atoms with E-state index in [4.69, 9.17) is 0 Å². The Labute approximate surface area is 197 Å². The maximum atomic E-state index is 13.3.